The van der Waals surface area contributed by atoms with Gasteiger partial charge in [-0.25, -0.2) is 0 Å². The number of aliphatic hydroxyl groups is 1. The van der Waals surface area contributed by atoms with Crippen molar-refractivity contribution in [1.29, 1.82) is 0 Å². The van der Waals surface area contributed by atoms with Crippen LogP contribution in [0.15, 0.2) is 6.20 Å². The third-order valence-corrected chi connectivity index (χ3v) is 5.55. The third kappa shape index (κ3) is 8.05. The Balaban J connectivity index is 2.17. The summed E-state index contributed by atoms with van der Waals surface area (Å²) in [5.41, 5.74) is 0.583. The number of aliphatic hydroxyl groups excluding tert-OH is 1. The summed E-state index contributed by atoms with van der Waals surface area (Å²) in [6, 6.07) is -0.403. The monoisotopic (exact) mass is 463 g/mol. The van der Waals surface area contributed by atoms with Gasteiger partial charge in [0.1, 0.15) is 5.69 Å². The van der Waals surface area contributed by atoms with E-state index in [-0.39, 0.29) is 44.5 Å². The minimum Gasteiger partial charge on any atom is -0.394 e. The maximum atomic E-state index is 12.8. The van der Waals surface area contributed by atoms with Crippen LogP contribution in [0, 0.1) is 5.92 Å². The molecule has 2 bridgehead atoms. The first-order valence-corrected chi connectivity index (χ1v) is 10.7. The second-order valence-corrected chi connectivity index (χ2v) is 8.37. The third-order valence-electron chi connectivity index (χ3n) is 5.55. The molecule has 0 aromatic carbocycles. The van der Waals surface area contributed by atoms with Crippen LogP contribution in [-0.4, -0.2) is 86.8 Å². The van der Waals surface area contributed by atoms with Crippen molar-refractivity contribution >= 4 is 11.8 Å². The minimum atomic E-state index is -4.40. The summed E-state index contributed by atoms with van der Waals surface area (Å²) in [7, 11) is 1.44. The summed E-state index contributed by atoms with van der Waals surface area (Å²) < 4.78 is 45.1. The van der Waals surface area contributed by atoms with E-state index >= 15 is 0 Å². The normalized spacial score (nSPS) is 22.0. The zero-order valence-corrected chi connectivity index (χ0v) is 18.7. The van der Waals surface area contributed by atoms with Gasteiger partial charge in [-0.1, -0.05) is 12.1 Å². The standard InChI is InChI=1S/C20H32F3N5O4/c1-14-9-28(15(2)12-29)19(31)5-4-8-27-10-16(24-25-27)13-32-17(14)11-26(3)18(30)6-7-20(21,22)23/h10,14-15,17,29H,4-9,11-13H2,1-3H3/t14-,15+,17+/m1/s1. The summed E-state index contributed by atoms with van der Waals surface area (Å²) in [6.45, 7) is 4.35. The summed E-state index contributed by atoms with van der Waals surface area (Å²) in [6.07, 6.45) is -4.24. The van der Waals surface area contributed by atoms with Crippen LogP contribution in [0.3, 0.4) is 0 Å². The van der Waals surface area contributed by atoms with Crippen LogP contribution in [0.5, 0.6) is 0 Å². The lowest BCUT2D eigenvalue weighted by Crippen LogP contribution is -2.47. The van der Waals surface area contributed by atoms with Crippen LogP contribution < -0.4 is 0 Å². The number of aryl methyl sites for hydroxylation is 1. The smallest absolute Gasteiger partial charge is 0.389 e. The Morgan fingerprint density at radius 2 is 2.16 bits per heavy atom. The molecule has 2 heterocycles. The van der Waals surface area contributed by atoms with Crippen LogP contribution >= 0.6 is 0 Å². The number of alkyl halides is 3. The van der Waals surface area contributed by atoms with E-state index in [1.165, 1.54) is 11.9 Å². The van der Waals surface area contributed by atoms with Crippen molar-refractivity contribution in [2.45, 2.75) is 71.0 Å². The molecule has 0 unspecified atom stereocenters. The number of carbonyl (C=O) groups excluding carboxylic acids is 2. The highest BCUT2D eigenvalue weighted by atomic mass is 19.4. The number of carbonyl (C=O) groups is 2. The molecule has 0 saturated heterocycles. The Labute approximate surface area is 185 Å². The fourth-order valence-corrected chi connectivity index (χ4v) is 3.50. The van der Waals surface area contributed by atoms with Gasteiger partial charge in [-0.2, -0.15) is 13.2 Å². The molecule has 1 aromatic rings. The van der Waals surface area contributed by atoms with Crippen molar-refractivity contribution in [3.05, 3.63) is 11.9 Å². The first kappa shape index (κ1) is 26.0. The maximum Gasteiger partial charge on any atom is 0.389 e. The topological polar surface area (TPSA) is 101 Å². The van der Waals surface area contributed by atoms with Crippen LogP contribution in [0.1, 0.15) is 45.2 Å². The van der Waals surface area contributed by atoms with Crippen molar-refractivity contribution < 1.29 is 32.6 Å². The van der Waals surface area contributed by atoms with Gasteiger partial charge < -0.3 is 19.6 Å². The number of ether oxygens (including phenoxy) is 1. The summed E-state index contributed by atoms with van der Waals surface area (Å²) in [4.78, 5) is 27.8. The van der Waals surface area contributed by atoms with Crippen molar-refractivity contribution in [3.63, 3.8) is 0 Å². The molecule has 2 amide bonds. The van der Waals surface area contributed by atoms with Gasteiger partial charge in [0.15, 0.2) is 0 Å². The molecule has 0 spiro atoms. The Bertz CT molecular complexity index is 758. The average Bonchev–Trinajstić information content (AvgIpc) is 3.18. The molecule has 0 radical (unpaired) electrons. The number of fused-ring (bicyclic) bond motifs is 2. The Hall–Kier alpha value is -2.21. The SMILES string of the molecule is C[C@@H]1CN([C@@H](C)CO)C(=O)CCCn2cc(nn2)CO[C@H]1CN(C)C(=O)CCC(F)(F)F. The highest BCUT2D eigenvalue weighted by Crippen LogP contribution is 2.22. The van der Waals surface area contributed by atoms with Gasteiger partial charge in [0, 0.05) is 45.4 Å². The fraction of sp³-hybridized carbons (Fsp3) is 0.800. The van der Waals surface area contributed by atoms with Gasteiger partial charge in [0.2, 0.25) is 11.8 Å². The number of hydrogen-bond acceptors (Lipinski definition) is 6. The van der Waals surface area contributed by atoms with Crippen molar-refractivity contribution in [2.24, 2.45) is 5.92 Å². The van der Waals surface area contributed by atoms with Gasteiger partial charge >= 0.3 is 6.18 Å². The zero-order valence-electron chi connectivity index (χ0n) is 18.7. The van der Waals surface area contributed by atoms with Gasteiger partial charge in [-0.05, 0) is 13.3 Å². The van der Waals surface area contributed by atoms with E-state index in [1.54, 1.807) is 22.7 Å². The lowest BCUT2D eigenvalue weighted by atomic mass is 10.0. The molecule has 12 heteroatoms. The van der Waals surface area contributed by atoms with E-state index in [0.29, 0.717) is 18.7 Å². The van der Waals surface area contributed by atoms with Crippen molar-refractivity contribution in [2.75, 3.05) is 26.7 Å². The predicted molar refractivity (Wildman–Crippen MR) is 108 cm³/mol. The molecule has 3 atom stereocenters. The van der Waals surface area contributed by atoms with Gasteiger partial charge in [0.05, 0.1) is 38.0 Å². The van der Waals surface area contributed by atoms with Crippen LogP contribution in [0.4, 0.5) is 13.2 Å². The van der Waals surface area contributed by atoms with Crippen LogP contribution in [0.2, 0.25) is 0 Å². The fourth-order valence-electron chi connectivity index (χ4n) is 3.50. The number of hydrogen-bond donors (Lipinski definition) is 1. The second kappa shape index (κ2) is 11.6. The molecule has 32 heavy (non-hydrogen) atoms. The predicted octanol–water partition coefficient (Wildman–Crippen LogP) is 1.60. The number of nitrogens with zero attached hydrogens (tertiary/aromatic N) is 5. The van der Waals surface area contributed by atoms with E-state index in [0.717, 1.165) is 0 Å². The van der Waals surface area contributed by atoms with Crippen LogP contribution in [-0.2, 0) is 27.5 Å². The molecule has 182 valence electrons. The molecule has 0 fully saturated rings. The minimum absolute atomic E-state index is 0.0571. The van der Waals surface area contributed by atoms with Gasteiger partial charge in [-0.15, -0.1) is 5.10 Å². The van der Waals surface area contributed by atoms with Gasteiger partial charge in [0.25, 0.3) is 0 Å². The van der Waals surface area contributed by atoms with Crippen LogP contribution in [0.25, 0.3) is 0 Å². The summed E-state index contributed by atoms with van der Waals surface area (Å²) in [5, 5.41) is 17.7. The first-order valence-electron chi connectivity index (χ1n) is 10.7. The largest absolute Gasteiger partial charge is 0.394 e. The maximum absolute atomic E-state index is 12.8. The molecular weight excluding hydrogens is 431 g/mol. The zero-order chi connectivity index (χ0) is 23.9. The number of halogens is 3. The van der Waals surface area contributed by atoms with E-state index in [2.05, 4.69) is 10.3 Å². The Kier molecular flexibility index (Phi) is 9.44. The average molecular weight is 464 g/mol. The van der Waals surface area contributed by atoms with E-state index in [9.17, 15) is 27.9 Å². The van der Waals surface area contributed by atoms with E-state index in [1.807, 2.05) is 6.92 Å². The molecule has 0 aliphatic carbocycles. The molecule has 0 saturated carbocycles. The van der Waals surface area contributed by atoms with Crippen molar-refractivity contribution in [3.8, 4) is 0 Å². The number of amides is 2. The molecule has 1 aliphatic rings. The number of aromatic nitrogens is 3. The quantitative estimate of drug-likeness (QED) is 0.688. The van der Waals surface area contributed by atoms with E-state index < -0.39 is 37.1 Å². The van der Waals surface area contributed by atoms with Gasteiger partial charge in [-0.3, -0.25) is 14.3 Å². The molecule has 1 aliphatic heterocycles. The molecule has 9 nitrogen and oxygen atoms in total. The highest BCUT2D eigenvalue weighted by Gasteiger charge is 2.31. The van der Waals surface area contributed by atoms with Crippen molar-refractivity contribution in [1.82, 2.24) is 24.8 Å². The Morgan fingerprint density at radius 3 is 2.81 bits per heavy atom. The molecular formula is C20H32F3N5O4. The number of rotatable bonds is 6. The lowest BCUT2D eigenvalue weighted by Gasteiger charge is -2.35. The first-order chi connectivity index (χ1) is 15.0. The lowest BCUT2D eigenvalue weighted by molar-refractivity contribution is -0.150. The Morgan fingerprint density at radius 1 is 1.44 bits per heavy atom. The molecule has 1 aromatic heterocycles. The second-order valence-electron chi connectivity index (χ2n) is 8.37. The highest BCUT2D eigenvalue weighted by molar-refractivity contribution is 5.76. The van der Waals surface area contributed by atoms with E-state index in [4.69, 9.17) is 4.74 Å². The number of likely N-dealkylation sites (N-methyl/N-ethyl adjacent to an activating group) is 1. The molecule has 2 rings (SSSR count). The summed E-state index contributed by atoms with van der Waals surface area (Å²) >= 11 is 0. The molecule has 1 N–H and O–H groups in total. The summed E-state index contributed by atoms with van der Waals surface area (Å²) in [5.74, 6) is -1.02.